The molecule has 0 aromatic heterocycles. The molecule has 0 bridgehead atoms. The van der Waals surface area contributed by atoms with Crippen molar-refractivity contribution in [1.29, 1.82) is 0 Å². The van der Waals surface area contributed by atoms with Crippen LogP contribution < -0.4 is 0 Å². The summed E-state index contributed by atoms with van der Waals surface area (Å²) in [6.07, 6.45) is 1.23. The molecule has 13 heavy (non-hydrogen) atoms. The summed E-state index contributed by atoms with van der Waals surface area (Å²) < 4.78 is 16.5. The Morgan fingerprint density at radius 3 is 2.38 bits per heavy atom. The first-order valence-corrected chi connectivity index (χ1v) is 5.05. The number of hydrogen-bond donors (Lipinski definition) is 0. The molecule has 69 valence electrons. The van der Waals surface area contributed by atoms with Crippen LogP contribution >= 0.6 is 22.6 Å². The van der Waals surface area contributed by atoms with E-state index in [-0.39, 0.29) is 5.57 Å². The van der Waals surface area contributed by atoms with E-state index >= 15 is 0 Å². The Labute approximate surface area is 97.9 Å². The number of Topliss-reactive ketones (excluding diaryl/α,β-unsaturated/α-hetero) is 2. The van der Waals surface area contributed by atoms with Crippen molar-refractivity contribution < 1.29 is 31.0 Å². The first kappa shape index (κ1) is 12.9. The number of halogens is 2. The summed E-state index contributed by atoms with van der Waals surface area (Å²) in [4.78, 5) is 21.7. The third-order valence-electron chi connectivity index (χ3n) is 1.13. The van der Waals surface area contributed by atoms with Gasteiger partial charge in [-0.2, -0.15) is 0 Å². The summed E-state index contributed by atoms with van der Waals surface area (Å²) in [6, 6.07) is 0. The van der Waals surface area contributed by atoms with Crippen LogP contribution in [0.2, 0.25) is 0 Å². The number of carbonyl (C=O) groups excluding carboxylic acids is 2. The molecule has 2 nitrogen and oxygen atoms in total. The Bertz CT molecular complexity index is 307. The molecule has 0 saturated carbocycles. The van der Waals surface area contributed by atoms with Crippen LogP contribution in [-0.4, -0.2) is 16.3 Å². The van der Waals surface area contributed by atoms with Gasteiger partial charge in [-0.1, -0.05) is 0 Å². The molecule has 0 unspecified atom stereocenters. The number of hydrogen-bond acceptors (Lipinski definition) is 2. The van der Waals surface area contributed by atoms with Gasteiger partial charge in [0.1, 0.15) is 0 Å². The molecule has 0 N–H and O–H groups in total. The zero-order chi connectivity index (χ0) is 10.4. The topological polar surface area (TPSA) is 34.1 Å². The molecule has 0 heterocycles. The Hall–Kier alpha value is -0.0656. The van der Waals surface area contributed by atoms with Gasteiger partial charge < -0.3 is 0 Å². The quantitative estimate of drug-likeness (QED) is 0.257. The minimum atomic E-state index is -0.844. The average Bonchev–Trinajstić information content (AvgIpc) is 2.11. The van der Waals surface area contributed by atoms with Gasteiger partial charge in [-0.3, -0.25) is 0 Å². The van der Waals surface area contributed by atoms with Gasteiger partial charge in [0.25, 0.3) is 0 Å². The summed E-state index contributed by atoms with van der Waals surface area (Å²) in [6.45, 7) is 1.10. The van der Waals surface area contributed by atoms with Crippen LogP contribution in [0.5, 0.6) is 0 Å². The Morgan fingerprint density at radius 1 is 1.54 bits per heavy atom. The number of ketones is 2. The van der Waals surface area contributed by atoms with E-state index in [1.54, 1.807) is 0 Å². The van der Waals surface area contributed by atoms with Crippen LogP contribution in [0.1, 0.15) is 6.92 Å². The predicted octanol–water partition coefficient (Wildman–Crippen LogP) is 1.47. The zero-order valence-electron chi connectivity index (χ0n) is 6.67. The van der Waals surface area contributed by atoms with E-state index in [2.05, 4.69) is 21.1 Å². The van der Waals surface area contributed by atoms with Crippen LogP contribution in [0.25, 0.3) is 0 Å². The average molecular weight is 330 g/mol. The third-order valence-corrected chi connectivity index (χ3v) is 1.83. The first-order chi connectivity index (χ1) is 6.04. The first-order valence-electron chi connectivity index (χ1n) is 3.17. The van der Waals surface area contributed by atoms with Crippen LogP contribution in [0, 0.1) is 4.08 Å². The summed E-state index contributed by atoms with van der Waals surface area (Å²) in [5.74, 6) is -2.35. The monoisotopic (exact) mass is 330 g/mol. The van der Waals surface area contributed by atoms with E-state index in [0.29, 0.717) is 0 Å². The van der Waals surface area contributed by atoms with Crippen LogP contribution in [0.3, 0.4) is 0 Å². The van der Waals surface area contributed by atoms with Crippen molar-refractivity contribution in [3.63, 3.8) is 0 Å². The van der Waals surface area contributed by atoms with Gasteiger partial charge in [-0.15, -0.1) is 0 Å². The van der Waals surface area contributed by atoms with Crippen LogP contribution in [0.15, 0.2) is 17.5 Å². The Kier molecular flexibility index (Phi) is 6.37. The molecular formula is C8H5FIO2V-. The predicted molar refractivity (Wildman–Crippen MR) is 51.7 cm³/mol. The van der Waals surface area contributed by atoms with E-state index in [1.807, 2.05) is 0 Å². The van der Waals surface area contributed by atoms with Gasteiger partial charge in [0.2, 0.25) is 0 Å². The van der Waals surface area contributed by atoms with E-state index in [4.69, 9.17) is 0 Å². The summed E-state index contributed by atoms with van der Waals surface area (Å²) in [5.41, 5.74) is -0.262. The van der Waals surface area contributed by atoms with Gasteiger partial charge in [0, 0.05) is 0 Å². The van der Waals surface area contributed by atoms with E-state index in [0.717, 1.165) is 6.92 Å². The van der Waals surface area contributed by atoms with Gasteiger partial charge in [0.05, 0.1) is 0 Å². The van der Waals surface area contributed by atoms with Gasteiger partial charge in [0.15, 0.2) is 0 Å². The molecule has 0 aliphatic rings. The second kappa shape index (κ2) is 6.40. The fourth-order valence-electron chi connectivity index (χ4n) is 0.564. The molecule has 0 rings (SSSR count). The fraction of sp³-hybridized carbons (Fsp3) is 0.125. The minimum absolute atomic E-state index is 0.262. The summed E-state index contributed by atoms with van der Waals surface area (Å²) >= 11 is 3.59. The maximum atomic E-state index is 12.9. The van der Waals surface area contributed by atoms with Crippen molar-refractivity contribution in [2.45, 2.75) is 6.92 Å². The summed E-state index contributed by atoms with van der Waals surface area (Å²) in [7, 11) is 0. The second-order valence-electron chi connectivity index (χ2n) is 2.02. The molecule has 0 aromatic carbocycles. The van der Waals surface area contributed by atoms with Crippen molar-refractivity contribution in [2.75, 3.05) is 0 Å². The zero-order valence-corrected chi connectivity index (χ0v) is 10.2. The number of rotatable bonds is 4. The van der Waals surface area contributed by atoms with E-state index in [9.17, 15) is 14.0 Å². The third kappa shape index (κ3) is 4.11. The molecule has 0 spiro atoms. The Balaban J connectivity index is 5.06. The second-order valence-corrected chi connectivity index (χ2v) is 3.03. The van der Waals surface area contributed by atoms with Gasteiger partial charge >= 0.3 is 98.3 Å². The normalized spacial score (nSPS) is 12.5. The standard InChI is InChI=1S/C8H5FIO2.V/c1-3-6(7(9)4-10)8(12)5(2)11;/h1,3H,2H3;/q-1;/b6-3+;. The molecule has 0 aromatic rings. The summed E-state index contributed by atoms with van der Waals surface area (Å²) in [5, 5.41) is 0. The van der Waals surface area contributed by atoms with Crippen LogP contribution in [-0.2, 0) is 26.6 Å². The molecule has 0 aliphatic heterocycles. The van der Waals surface area contributed by atoms with Crippen LogP contribution in [0.4, 0.5) is 4.39 Å². The Morgan fingerprint density at radius 2 is 2.08 bits per heavy atom. The number of allylic oxidation sites excluding steroid dienone is 3. The molecule has 0 amide bonds. The maximum absolute atomic E-state index is 12.9. The molecule has 5 heteroatoms. The molecule has 0 atom stereocenters. The van der Waals surface area contributed by atoms with Crippen molar-refractivity contribution in [3.8, 4) is 0 Å². The van der Waals surface area contributed by atoms with E-state index < -0.39 is 17.4 Å². The molecule has 0 radical (unpaired) electrons. The molecule has 0 aliphatic carbocycles. The molecule has 0 fully saturated rings. The fourth-order valence-corrected chi connectivity index (χ4v) is 1.09. The van der Waals surface area contributed by atoms with Gasteiger partial charge in [-0.05, 0) is 0 Å². The molecule has 0 saturated heterocycles. The van der Waals surface area contributed by atoms with Crippen molar-refractivity contribution >= 4 is 38.9 Å². The van der Waals surface area contributed by atoms with Gasteiger partial charge in [-0.25, -0.2) is 0 Å². The molecular weight excluding hydrogens is 325 g/mol. The van der Waals surface area contributed by atoms with Crippen molar-refractivity contribution in [1.82, 2.24) is 0 Å². The SMILES string of the molecule is CC(=O)C(=O)/C(=C/[CH]=[V])C(F)=[C-]I. The van der Waals surface area contributed by atoms with Crippen molar-refractivity contribution in [2.24, 2.45) is 0 Å². The van der Waals surface area contributed by atoms with Crippen molar-refractivity contribution in [3.05, 3.63) is 21.6 Å². The van der Waals surface area contributed by atoms with E-state index in [1.165, 1.54) is 33.4 Å². The number of carbonyl (C=O) groups is 2.